The summed E-state index contributed by atoms with van der Waals surface area (Å²) in [5.41, 5.74) is 2.18. The van der Waals surface area contributed by atoms with Crippen LogP contribution < -0.4 is 5.32 Å². The van der Waals surface area contributed by atoms with Crippen molar-refractivity contribution < 1.29 is 9.21 Å². The van der Waals surface area contributed by atoms with E-state index in [0.717, 1.165) is 39.0 Å². The van der Waals surface area contributed by atoms with Gasteiger partial charge in [0.2, 0.25) is 5.91 Å². The summed E-state index contributed by atoms with van der Waals surface area (Å²) in [4.78, 5) is 17.7. The summed E-state index contributed by atoms with van der Waals surface area (Å²) in [6.07, 6.45) is 3.45. The van der Waals surface area contributed by atoms with E-state index in [1.165, 1.54) is 11.3 Å². The number of aromatic nitrogens is 1. The van der Waals surface area contributed by atoms with Crippen molar-refractivity contribution in [3.63, 3.8) is 0 Å². The largest absolute Gasteiger partial charge is 0.461 e. The lowest BCUT2D eigenvalue weighted by atomic mass is 10.1. The highest BCUT2D eigenvalue weighted by atomic mass is 35.5. The van der Waals surface area contributed by atoms with Crippen molar-refractivity contribution in [1.82, 2.24) is 4.98 Å². The summed E-state index contributed by atoms with van der Waals surface area (Å²) < 4.78 is 5.85. The Kier molecular flexibility index (Phi) is 6.08. The third-order valence-electron chi connectivity index (χ3n) is 4.41. The molecule has 0 bridgehead atoms. The summed E-state index contributed by atoms with van der Waals surface area (Å²) in [5, 5.41) is 4.21. The summed E-state index contributed by atoms with van der Waals surface area (Å²) >= 11 is 7.40. The van der Waals surface area contributed by atoms with Crippen LogP contribution in [0, 0.1) is 0 Å². The average molecular weight is 423 g/mol. The number of amides is 1. The molecule has 2 aromatic heterocycles. The number of halogens is 1. The van der Waals surface area contributed by atoms with Crippen LogP contribution in [0.2, 0.25) is 5.02 Å². The molecule has 0 radical (unpaired) electrons. The van der Waals surface area contributed by atoms with Gasteiger partial charge in [0, 0.05) is 40.9 Å². The van der Waals surface area contributed by atoms with E-state index < -0.39 is 0 Å². The molecule has 0 unspecified atom stereocenters. The number of anilines is 1. The van der Waals surface area contributed by atoms with Gasteiger partial charge in [-0.25, -0.2) is 4.98 Å². The Balaban J connectivity index is 1.28. The number of nitrogens with one attached hydrogen (secondary N) is 1. The van der Waals surface area contributed by atoms with Crippen molar-refractivity contribution in [3.05, 3.63) is 94.2 Å². The summed E-state index contributed by atoms with van der Waals surface area (Å²) in [5.74, 6) is 1.53. The van der Waals surface area contributed by atoms with Gasteiger partial charge in [-0.15, -0.1) is 11.3 Å². The molecule has 0 aliphatic carbocycles. The molecule has 0 aliphatic rings. The third kappa shape index (κ3) is 5.34. The van der Waals surface area contributed by atoms with Crippen LogP contribution >= 0.6 is 22.9 Å². The van der Waals surface area contributed by atoms with Crippen molar-refractivity contribution >= 4 is 34.0 Å². The number of hydrogen-bond acceptors (Lipinski definition) is 4. The first kappa shape index (κ1) is 19.4. The molecule has 6 heteroatoms. The van der Waals surface area contributed by atoms with Crippen LogP contribution in [0.25, 0.3) is 11.3 Å². The number of thiazole rings is 1. The normalized spacial score (nSPS) is 10.8. The fourth-order valence-electron chi connectivity index (χ4n) is 2.94. The lowest BCUT2D eigenvalue weighted by Crippen LogP contribution is -2.11. The van der Waals surface area contributed by atoms with Crippen LogP contribution in [0.1, 0.15) is 22.6 Å². The maximum atomic E-state index is 12.3. The second kappa shape index (κ2) is 9.07. The second-order valence-corrected chi connectivity index (χ2v) is 8.17. The van der Waals surface area contributed by atoms with E-state index in [2.05, 4.69) is 10.3 Å². The SMILES string of the molecule is O=C(CCc1ccc(-c2ccccc2)o1)Nc1ncc(Cc2ccc(Cl)cc2)s1. The number of benzene rings is 2. The van der Waals surface area contributed by atoms with Crippen LogP contribution in [0.5, 0.6) is 0 Å². The smallest absolute Gasteiger partial charge is 0.226 e. The zero-order valence-corrected chi connectivity index (χ0v) is 17.2. The molecule has 4 rings (SSSR count). The van der Waals surface area contributed by atoms with Crippen molar-refractivity contribution in [3.8, 4) is 11.3 Å². The Morgan fingerprint density at radius 1 is 1.03 bits per heavy atom. The molecule has 0 atom stereocenters. The van der Waals surface area contributed by atoms with Crippen LogP contribution in [0.15, 0.2) is 77.3 Å². The number of hydrogen-bond donors (Lipinski definition) is 1. The van der Waals surface area contributed by atoms with Crippen molar-refractivity contribution in [1.29, 1.82) is 0 Å². The first-order chi connectivity index (χ1) is 14.2. The predicted molar refractivity (Wildman–Crippen MR) is 117 cm³/mol. The molecule has 1 amide bonds. The number of nitrogens with zero attached hydrogens (tertiary/aromatic N) is 1. The molecule has 0 fully saturated rings. The highest BCUT2D eigenvalue weighted by Crippen LogP contribution is 2.24. The Bertz CT molecular complexity index is 1090. The van der Waals surface area contributed by atoms with Gasteiger partial charge in [0.1, 0.15) is 11.5 Å². The maximum absolute atomic E-state index is 12.3. The van der Waals surface area contributed by atoms with Gasteiger partial charge >= 0.3 is 0 Å². The molecule has 4 nitrogen and oxygen atoms in total. The van der Waals surface area contributed by atoms with E-state index in [9.17, 15) is 4.79 Å². The molecule has 4 aromatic rings. The molecule has 0 saturated carbocycles. The number of aryl methyl sites for hydroxylation is 1. The van der Waals surface area contributed by atoms with Gasteiger partial charge in [-0.1, -0.05) is 54.1 Å². The number of furan rings is 1. The molecule has 0 saturated heterocycles. The van der Waals surface area contributed by atoms with Gasteiger partial charge in [-0.05, 0) is 29.8 Å². The van der Waals surface area contributed by atoms with Gasteiger partial charge in [-0.2, -0.15) is 0 Å². The van der Waals surface area contributed by atoms with Crippen LogP contribution in [0.3, 0.4) is 0 Å². The van der Waals surface area contributed by atoms with E-state index in [0.29, 0.717) is 18.0 Å². The Labute approximate surface area is 178 Å². The van der Waals surface area contributed by atoms with Gasteiger partial charge in [0.05, 0.1) is 0 Å². The molecule has 1 N–H and O–H groups in total. The highest BCUT2D eigenvalue weighted by molar-refractivity contribution is 7.15. The van der Waals surface area contributed by atoms with Gasteiger partial charge in [-0.3, -0.25) is 4.79 Å². The number of carbonyl (C=O) groups excluding carboxylic acids is 1. The molecule has 146 valence electrons. The Morgan fingerprint density at radius 2 is 1.83 bits per heavy atom. The number of rotatable bonds is 7. The lowest BCUT2D eigenvalue weighted by Gasteiger charge is -2.01. The summed E-state index contributed by atoms with van der Waals surface area (Å²) in [6, 6.07) is 21.5. The first-order valence-electron chi connectivity index (χ1n) is 9.29. The first-order valence-corrected chi connectivity index (χ1v) is 10.5. The standard InChI is InChI=1S/C23H19ClN2O2S/c24-18-8-6-16(7-9-18)14-20-15-25-23(29-20)26-22(27)13-11-19-10-12-21(28-19)17-4-2-1-3-5-17/h1-10,12,15H,11,13-14H2,(H,25,26,27). The minimum Gasteiger partial charge on any atom is -0.461 e. The second-order valence-electron chi connectivity index (χ2n) is 6.62. The molecule has 0 spiro atoms. The van der Waals surface area contributed by atoms with E-state index in [-0.39, 0.29) is 5.91 Å². The minimum absolute atomic E-state index is 0.0740. The molecular weight excluding hydrogens is 404 g/mol. The fraction of sp³-hybridized carbons (Fsp3) is 0.130. The van der Waals surface area contributed by atoms with E-state index in [4.69, 9.17) is 16.0 Å². The summed E-state index contributed by atoms with van der Waals surface area (Å²) in [7, 11) is 0. The Hall–Kier alpha value is -2.89. The van der Waals surface area contributed by atoms with Crippen LogP contribution in [-0.4, -0.2) is 10.9 Å². The molecule has 2 heterocycles. The van der Waals surface area contributed by atoms with Crippen LogP contribution in [0.4, 0.5) is 5.13 Å². The fourth-order valence-corrected chi connectivity index (χ4v) is 3.93. The number of carbonyl (C=O) groups is 1. The van der Waals surface area contributed by atoms with Crippen molar-refractivity contribution in [2.75, 3.05) is 5.32 Å². The lowest BCUT2D eigenvalue weighted by molar-refractivity contribution is -0.116. The molecule has 29 heavy (non-hydrogen) atoms. The van der Waals surface area contributed by atoms with Crippen LogP contribution in [-0.2, 0) is 17.6 Å². The quantitative estimate of drug-likeness (QED) is 0.384. The van der Waals surface area contributed by atoms with Crippen molar-refractivity contribution in [2.24, 2.45) is 0 Å². The Morgan fingerprint density at radius 3 is 2.62 bits per heavy atom. The zero-order valence-electron chi connectivity index (χ0n) is 15.6. The topological polar surface area (TPSA) is 55.1 Å². The average Bonchev–Trinajstić information content (AvgIpc) is 3.38. The highest BCUT2D eigenvalue weighted by Gasteiger charge is 2.10. The predicted octanol–water partition coefficient (Wildman–Crippen LogP) is 6.22. The molecule has 2 aromatic carbocycles. The van der Waals surface area contributed by atoms with E-state index in [1.807, 2.05) is 66.7 Å². The van der Waals surface area contributed by atoms with Gasteiger partial charge in [0.25, 0.3) is 0 Å². The zero-order chi connectivity index (χ0) is 20.1. The molecule has 0 aliphatic heterocycles. The monoisotopic (exact) mass is 422 g/mol. The minimum atomic E-state index is -0.0740. The van der Waals surface area contributed by atoms with E-state index in [1.54, 1.807) is 6.20 Å². The summed E-state index contributed by atoms with van der Waals surface area (Å²) in [6.45, 7) is 0. The van der Waals surface area contributed by atoms with Gasteiger partial charge in [0.15, 0.2) is 5.13 Å². The van der Waals surface area contributed by atoms with Gasteiger partial charge < -0.3 is 9.73 Å². The van der Waals surface area contributed by atoms with E-state index >= 15 is 0 Å². The maximum Gasteiger partial charge on any atom is 0.226 e. The third-order valence-corrected chi connectivity index (χ3v) is 5.57. The molecular formula is C23H19ClN2O2S. The van der Waals surface area contributed by atoms with Crippen molar-refractivity contribution in [2.45, 2.75) is 19.3 Å².